The predicted molar refractivity (Wildman–Crippen MR) is 130 cm³/mol. The highest BCUT2D eigenvalue weighted by Crippen LogP contribution is 2.49. The maximum Gasteiger partial charge on any atom is 0.164 e. The summed E-state index contributed by atoms with van der Waals surface area (Å²) in [5.74, 6) is 2.64. The first kappa shape index (κ1) is 21.8. The summed E-state index contributed by atoms with van der Waals surface area (Å²) in [4.78, 5) is 4.87. The second-order valence-corrected chi connectivity index (χ2v) is 7.67. The summed E-state index contributed by atoms with van der Waals surface area (Å²) in [7, 11) is 4.96. The Morgan fingerprint density at radius 1 is 0.812 bits per heavy atom. The standard InChI is InChI=1S/C26H24N2O3.ClH/c1-29-21-14-23(31-3)22(30-2)13-19(21)20-12-15-8-4-5-9-16(15)25-24(20)17-10-6-7-11-18(17)26(27)28-25;/h4-11,13-14,20H,12H2,1-3H3,(H2,27,28);1H. The molecular formula is C26H25ClN2O3. The van der Waals surface area contributed by atoms with Gasteiger partial charge in [0, 0.05) is 28.5 Å². The van der Waals surface area contributed by atoms with Crippen LogP contribution in [0.2, 0.25) is 0 Å². The van der Waals surface area contributed by atoms with Gasteiger partial charge in [-0.15, -0.1) is 12.4 Å². The van der Waals surface area contributed by atoms with Gasteiger partial charge >= 0.3 is 0 Å². The SMILES string of the molecule is COc1cc(OC)c(C2Cc3ccccc3-c3nc(N)c4ccccc4c32)cc1OC.Cl. The van der Waals surface area contributed by atoms with Crippen LogP contribution in [0.5, 0.6) is 17.2 Å². The summed E-state index contributed by atoms with van der Waals surface area (Å²) in [6.45, 7) is 0. The van der Waals surface area contributed by atoms with Crippen LogP contribution < -0.4 is 19.9 Å². The number of aromatic nitrogens is 1. The van der Waals surface area contributed by atoms with E-state index in [-0.39, 0.29) is 18.3 Å². The molecule has 0 aliphatic heterocycles. The van der Waals surface area contributed by atoms with Crippen molar-refractivity contribution >= 4 is 29.0 Å². The number of methoxy groups -OCH3 is 3. The van der Waals surface area contributed by atoms with Crippen LogP contribution in [0.15, 0.2) is 60.7 Å². The molecule has 0 saturated carbocycles. The normalized spacial score (nSPS) is 14.2. The van der Waals surface area contributed by atoms with Gasteiger partial charge in [-0.1, -0.05) is 48.5 Å². The largest absolute Gasteiger partial charge is 0.496 e. The summed E-state index contributed by atoms with van der Waals surface area (Å²) in [6.07, 6.45) is 0.824. The lowest BCUT2D eigenvalue weighted by atomic mass is 9.75. The second-order valence-electron chi connectivity index (χ2n) is 7.67. The molecule has 3 aromatic carbocycles. The molecule has 0 saturated heterocycles. The fraction of sp³-hybridized carbons (Fsp3) is 0.192. The Hall–Kier alpha value is -3.44. The van der Waals surface area contributed by atoms with Crippen LogP contribution in [-0.4, -0.2) is 26.3 Å². The number of hydrogen-bond acceptors (Lipinski definition) is 5. The van der Waals surface area contributed by atoms with Crippen molar-refractivity contribution in [1.29, 1.82) is 0 Å². The van der Waals surface area contributed by atoms with Crippen molar-refractivity contribution in [2.24, 2.45) is 0 Å². The minimum atomic E-state index is 0. The molecule has 1 heterocycles. The monoisotopic (exact) mass is 448 g/mol. The molecule has 1 atom stereocenters. The first-order valence-corrected chi connectivity index (χ1v) is 10.2. The number of nitrogens with two attached hydrogens (primary N) is 1. The Labute approximate surface area is 193 Å². The smallest absolute Gasteiger partial charge is 0.164 e. The summed E-state index contributed by atoms with van der Waals surface area (Å²) < 4.78 is 16.9. The molecule has 0 fully saturated rings. The van der Waals surface area contributed by atoms with Gasteiger partial charge in [-0.3, -0.25) is 0 Å². The number of hydrogen-bond donors (Lipinski definition) is 1. The van der Waals surface area contributed by atoms with Gasteiger partial charge in [0.05, 0.1) is 27.0 Å². The molecule has 5 rings (SSSR count). The van der Waals surface area contributed by atoms with Crippen LogP contribution >= 0.6 is 12.4 Å². The quantitative estimate of drug-likeness (QED) is 0.439. The van der Waals surface area contributed by atoms with E-state index in [0.29, 0.717) is 17.3 Å². The summed E-state index contributed by atoms with van der Waals surface area (Å²) in [6, 6.07) is 20.5. The summed E-state index contributed by atoms with van der Waals surface area (Å²) in [5, 5.41) is 2.08. The molecule has 1 unspecified atom stereocenters. The highest BCUT2D eigenvalue weighted by atomic mass is 35.5. The molecule has 2 N–H and O–H groups in total. The lowest BCUT2D eigenvalue weighted by Gasteiger charge is -2.30. The van der Waals surface area contributed by atoms with Crippen molar-refractivity contribution in [1.82, 2.24) is 4.98 Å². The third-order valence-electron chi connectivity index (χ3n) is 6.14. The zero-order valence-electron chi connectivity index (χ0n) is 18.2. The average Bonchev–Trinajstić information content (AvgIpc) is 2.82. The van der Waals surface area contributed by atoms with Gasteiger partial charge in [0.25, 0.3) is 0 Å². The van der Waals surface area contributed by atoms with Gasteiger partial charge in [-0.05, 0) is 29.0 Å². The molecular weight excluding hydrogens is 424 g/mol. The molecule has 0 amide bonds. The molecule has 1 aliphatic rings. The van der Waals surface area contributed by atoms with Crippen LogP contribution in [0.3, 0.4) is 0 Å². The van der Waals surface area contributed by atoms with Crippen LogP contribution in [0, 0.1) is 0 Å². The molecule has 1 aliphatic carbocycles. The van der Waals surface area contributed by atoms with E-state index in [0.717, 1.165) is 45.3 Å². The van der Waals surface area contributed by atoms with Crippen LogP contribution in [0.4, 0.5) is 5.82 Å². The lowest BCUT2D eigenvalue weighted by molar-refractivity contribution is 0.347. The Morgan fingerprint density at radius 2 is 1.44 bits per heavy atom. The van der Waals surface area contributed by atoms with E-state index in [4.69, 9.17) is 24.9 Å². The summed E-state index contributed by atoms with van der Waals surface area (Å²) in [5.41, 5.74) is 11.9. The minimum absolute atomic E-state index is 0. The third kappa shape index (κ3) is 3.30. The van der Waals surface area contributed by atoms with Crippen molar-refractivity contribution in [3.05, 3.63) is 77.4 Å². The van der Waals surface area contributed by atoms with Crippen molar-refractivity contribution in [2.75, 3.05) is 27.1 Å². The number of ether oxygens (including phenoxy) is 3. The molecule has 4 aromatic rings. The van der Waals surface area contributed by atoms with Gasteiger partial charge in [-0.25, -0.2) is 4.98 Å². The van der Waals surface area contributed by atoms with Crippen molar-refractivity contribution in [2.45, 2.75) is 12.3 Å². The maximum atomic E-state index is 6.39. The zero-order valence-corrected chi connectivity index (χ0v) is 19.0. The molecule has 5 nitrogen and oxygen atoms in total. The van der Waals surface area contributed by atoms with Crippen LogP contribution in [0.25, 0.3) is 22.0 Å². The molecule has 0 bridgehead atoms. The van der Waals surface area contributed by atoms with Crippen LogP contribution in [-0.2, 0) is 6.42 Å². The average molecular weight is 449 g/mol. The van der Waals surface area contributed by atoms with E-state index in [2.05, 4.69) is 24.3 Å². The van der Waals surface area contributed by atoms with E-state index in [1.807, 2.05) is 36.4 Å². The van der Waals surface area contributed by atoms with Crippen molar-refractivity contribution in [3.8, 4) is 28.5 Å². The fourth-order valence-electron chi connectivity index (χ4n) is 4.71. The zero-order chi connectivity index (χ0) is 21.5. The van der Waals surface area contributed by atoms with Crippen LogP contribution in [0.1, 0.15) is 22.6 Å². The Kier molecular flexibility index (Phi) is 5.85. The van der Waals surface area contributed by atoms with Gasteiger partial charge in [-0.2, -0.15) is 0 Å². The Morgan fingerprint density at radius 3 is 2.16 bits per heavy atom. The topological polar surface area (TPSA) is 66.6 Å². The Balaban J connectivity index is 0.00000245. The Bertz CT molecular complexity index is 1310. The van der Waals surface area contributed by atoms with E-state index in [1.54, 1.807) is 21.3 Å². The predicted octanol–water partition coefficient (Wildman–Crippen LogP) is 5.62. The fourth-order valence-corrected chi connectivity index (χ4v) is 4.71. The molecule has 1 aromatic heterocycles. The number of nitrogens with zero attached hydrogens (tertiary/aromatic N) is 1. The van der Waals surface area contributed by atoms with Gasteiger partial charge in [0.15, 0.2) is 11.5 Å². The van der Waals surface area contributed by atoms with Crippen molar-refractivity contribution < 1.29 is 14.2 Å². The highest BCUT2D eigenvalue weighted by molar-refractivity contribution is 5.98. The van der Waals surface area contributed by atoms with E-state index < -0.39 is 0 Å². The van der Waals surface area contributed by atoms with Gasteiger partial charge < -0.3 is 19.9 Å². The number of benzene rings is 3. The lowest BCUT2D eigenvalue weighted by Crippen LogP contribution is -2.16. The summed E-state index contributed by atoms with van der Waals surface area (Å²) >= 11 is 0. The molecule has 164 valence electrons. The maximum absolute atomic E-state index is 6.39. The van der Waals surface area contributed by atoms with E-state index in [9.17, 15) is 0 Å². The van der Waals surface area contributed by atoms with E-state index >= 15 is 0 Å². The highest BCUT2D eigenvalue weighted by Gasteiger charge is 2.32. The molecule has 32 heavy (non-hydrogen) atoms. The second kappa shape index (κ2) is 8.60. The number of anilines is 1. The number of pyridine rings is 1. The first-order chi connectivity index (χ1) is 15.2. The minimum Gasteiger partial charge on any atom is -0.496 e. The number of fused-ring (bicyclic) bond motifs is 5. The van der Waals surface area contributed by atoms with Gasteiger partial charge in [0.1, 0.15) is 11.6 Å². The van der Waals surface area contributed by atoms with Gasteiger partial charge in [0.2, 0.25) is 0 Å². The first-order valence-electron chi connectivity index (χ1n) is 10.2. The number of rotatable bonds is 4. The molecule has 0 spiro atoms. The molecule has 6 heteroatoms. The number of nitrogen functional groups attached to an aromatic ring is 1. The van der Waals surface area contributed by atoms with E-state index in [1.165, 1.54) is 5.56 Å². The molecule has 0 radical (unpaired) electrons. The third-order valence-corrected chi connectivity index (χ3v) is 6.14. The number of halogens is 1. The van der Waals surface area contributed by atoms with Crippen molar-refractivity contribution in [3.63, 3.8) is 0 Å².